The summed E-state index contributed by atoms with van der Waals surface area (Å²) < 4.78 is 27.8. The number of carboxylic acids is 1. The minimum atomic E-state index is -3.39. The maximum Gasteiger partial charge on any atom is 0.345 e. The number of alkyl halides is 2. The second kappa shape index (κ2) is 10.1. The molecule has 1 aliphatic rings. The number of carbonyl (C=O) groups is 2. The Bertz CT molecular complexity index is 704. The van der Waals surface area contributed by atoms with Gasteiger partial charge in [0.05, 0.1) is 12.1 Å². The molecule has 1 aliphatic heterocycles. The Morgan fingerprint density at radius 2 is 2.14 bits per heavy atom. The van der Waals surface area contributed by atoms with E-state index in [1.807, 2.05) is 0 Å². The molecule has 156 valence electrons. The predicted molar refractivity (Wildman–Crippen MR) is 104 cm³/mol. The van der Waals surface area contributed by atoms with Crippen molar-refractivity contribution in [2.24, 2.45) is 0 Å². The molecule has 2 atom stereocenters. The van der Waals surface area contributed by atoms with Crippen molar-refractivity contribution in [2.45, 2.75) is 69.9 Å². The number of rotatable bonds is 11. The van der Waals surface area contributed by atoms with Crippen LogP contribution in [-0.4, -0.2) is 51.6 Å². The summed E-state index contributed by atoms with van der Waals surface area (Å²) in [5.41, 5.74) is 0. The molecule has 1 amide bonds. The number of aryl methyl sites for hydroxylation is 1. The van der Waals surface area contributed by atoms with Gasteiger partial charge in [0.2, 0.25) is 0 Å². The number of aliphatic hydroxyl groups is 1. The normalized spacial score (nSPS) is 20.2. The van der Waals surface area contributed by atoms with E-state index in [0.717, 1.165) is 35.5 Å². The lowest BCUT2D eigenvalue weighted by molar-refractivity contribution is -0.148. The van der Waals surface area contributed by atoms with Gasteiger partial charge in [-0.3, -0.25) is 4.79 Å². The van der Waals surface area contributed by atoms with Crippen molar-refractivity contribution in [3.63, 3.8) is 0 Å². The molecule has 2 N–H and O–H groups in total. The van der Waals surface area contributed by atoms with Crippen molar-refractivity contribution in [3.8, 4) is 0 Å². The first-order chi connectivity index (χ1) is 13.2. The van der Waals surface area contributed by atoms with Crippen LogP contribution in [0.5, 0.6) is 0 Å². The standard InChI is InChI=1S/C20H27F2NO4S/c1-2-3-4-6-15(24)9-8-14-13-20(21,22)19(27)23(14)12-5-7-16-10-11-17(28-16)18(25)26/h8-11,14-15,24H,2-7,12-13H2,1H3,(H,25,26)/b9-8+/t14?,15-/m0/s1. The van der Waals surface area contributed by atoms with Crippen molar-refractivity contribution >= 4 is 23.2 Å². The van der Waals surface area contributed by atoms with Crippen LogP contribution >= 0.6 is 11.3 Å². The van der Waals surface area contributed by atoms with Gasteiger partial charge in [0.25, 0.3) is 5.91 Å². The molecule has 0 aromatic carbocycles. The van der Waals surface area contributed by atoms with Crippen LogP contribution in [0.2, 0.25) is 0 Å². The molecule has 1 unspecified atom stereocenters. The van der Waals surface area contributed by atoms with E-state index in [1.54, 1.807) is 6.07 Å². The molecule has 1 fully saturated rings. The SMILES string of the molecule is CCCCC[C@H](O)/C=C/C1CC(F)(F)C(=O)N1CCCc1ccc(C(=O)O)s1. The molecule has 0 bridgehead atoms. The Kier molecular flexibility index (Phi) is 8.12. The molecule has 0 saturated carbocycles. The number of unbranched alkanes of at least 4 members (excludes halogenated alkanes) is 2. The van der Waals surface area contributed by atoms with Gasteiger partial charge in [-0.05, 0) is 31.4 Å². The molecule has 0 radical (unpaired) electrons. The third kappa shape index (κ3) is 6.10. The van der Waals surface area contributed by atoms with Crippen molar-refractivity contribution in [1.82, 2.24) is 4.90 Å². The van der Waals surface area contributed by atoms with Crippen LogP contribution in [-0.2, 0) is 11.2 Å². The highest BCUT2D eigenvalue weighted by molar-refractivity contribution is 7.13. The number of hydrogen-bond acceptors (Lipinski definition) is 4. The highest BCUT2D eigenvalue weighted by atomic mass is 32.1. The maximum atomic E-state index is 13.9. The van der Waals surface area contributed by atoms with E-state index in [-0.39, 0.29) is 11.4 Å². The quantitative estimate of drug-likeness (QED) is 0.421. The minimum absolute atomic E-state index is 0.162. The lowest BCUT2D eigenvalue weighted by Gasteiger charge is -2.21. The van der Waals surface area contributed by atoms with Gasteiger partial charge in [-0.1, -0.05) is 38.3 Å². The van der Waals surface area contributed by atoms with Gasteiger partial charge >= 0.3 is 11.9 Å². The summed E-state index contributed by atoms with van der Waals surface area (Å²) in [6.07, 6.45) is 6.22. The lowest BCUT2D eigenvalue weighted by atomic mass is 10.1. The van der Waals surface area contributed by atoms with Crippen molar-refractivity contribution in [2.75, 3.05) is 6.54 Å². The number of likely N-dealkylation sites (tertiary alicyclic amines) is 1. The van der Waals surface area contributed by atoms with E-state index in [4.69, 9.17) is 5.11 Å². The zero-order chi connectivity index (χ0) is 20.7. The van der Waals surface area contributed by atoms with E-state index in [1.165, 1.54) is 23.1 Å². The molecule has 2 rings (SSSR count). The molecule has 0 spiro atoms. The fraction of sp³-hybridized carbons (Fsp3) is 0.600. The van der Waals surface area contributed by atoms with Crippen LogP contribution in [0.15, 0.2) is 24.3 Å². The number of aliphatic hydroxyl groups excluding tert-OH is 1. The molecule has 5 nitrogen and oxygen atoms in total. The Labute approximate surface area is 167 Å². The van der Waals surface area contributed by atoms with Crippen LogP contribution in [0, 0.1) is 0 Å². The third-order valence-electron chi connectivity index (χ3n) is 4.79. The van der Waals surface area contributed by atoms with E-state index < -0.39 is 36.4 Å². The van der Waals surface area contributed by atoms with Gasteiger partial charge in [0, 0.05) is 17.8 Å². The van der Waals surface area contributed by atoms with E-state index in [0.29, 0.717) is 19.3 Å². The first-order valence-corrected chi connectivity index (χ1v) is 10.4. The molecule has 0 aliphatic carbocycles. The van der Waals surface area contributed by atoms with E-state index in [9.17, 15) is 23.5 Å². The Morgan fingerprint density at radius 3 is 2.79 bits per heavy atom. The van der Waals surface area contributed by atoms with Gasteiger partial charge in [0.1, 0.15) is 4.88 Å². The summed E-state index contributed by atoms with van der Waals surface area (Å²) in [5.74, 6) is -5.56. The molecule has 2 heterocycles. The van der Waals surface area contributed by atoms with Crippen molar-refractivity contribution in [3.05, 3.63) is 34.0 Å². The molecule has 1 aromatic heterocycles. The lowest BCUT2D eigenvalue weighted by Crippen LogP contribution is -2.36. The van der Waals surface area contributed by atoms with Crippen LogP contribution in [0.3, 0.4) is 0 Å². The number of thiophene rings is 1. The van der Waals surface area contributed by atoms with Crippen LogP contribution in [0.25, 0.3) is 0 Å². The van der Waals surface area contributed by atoms with Gasteiger partial charge in [-0.2, -0.15) is 8.78 Å². The number of hydrogen-bond donors (Lipinski definition) is 2. The highest BCUT2D eigenvalue weighted by Crippen LogP contribution is 2.34. The highest BCUT2D eigenvalue weighted by Gasteiger charge is 2.52. The molecule has 28 heavy (non-hydrogen) atoms. The predicted octanol–water partition coefficient (Wildman–Crippen LogP) is 4.11. The maximum absolute atomic E-state index is 13.9. The zero-order valence-electron chi connectivity index (χ0n) is 15.9. The molecule has 8 heteroatoms. The fourth-order valence-electron chi connectivity index (χ4n) is 3.27. The average Bonchev–Trinajstić information content (AvgIpc) is 3.18. The number of halogens is 2. The summed E-state index contributed by atoms with van der Waals surface area (Å²) in [6.45, 7) is 2.22. The number of carboxylic acid groups (broad SMARTS) is 1. The van der Waals surface area contributed by atoms with E-state index >= 15 is 0 Å². The fourth-order valence-corrected chi connectivity index (χ4v) is 4.16. The molecule has 1 aromatic rings. The summed E-state index contributed by atoms with van der Waals surface area (Å²) in [5, 5.41) is 18.9. The first kappa shape index (κ1) is 22.5. The monoisotopic (exact) mass is 415 g/mol. The zero-order valence-corrected chi connectivity index (χ0v) is 16.8. The van der Waals surface area contributed by atoms with Crippen LogP contribution in [0.4, 0.5) is 8.78 Å². The minimum Gasteiger partial charge on any atom is -0.477 e. The summed E-state index contributed by atoms with van der Waals surface area (Å²) in [6, 6.07) is 2.49. The summed E-state index contributed by atoms with van der Waals surface area (Å²) >= 11 is 1.15. The number of amides is 1. The topological polar surface area (TPSA) is 77.8 Å². The van der Waals surface area contributed by atoms with Crippen LogP contribution in [0.1, 0.15) is 60.0 Å². The molecular weight excluding hydrogens is 388 g/mol. The van der Waals surface area contributed by atoms with Gasteiger partial charge in [-0.15, -0.1) is 11.3 Å². The summed E-state index contributed by atoms with van der Waals surface area (Å²) in [4.78, 5) is 25.2. The van der Waals surface area contributed by atoms with Gasteiger partial charge < -0.3 is 15.1 Å². The molecular formula is C20H27F2NO4S. The van der Waals surface area contributed by atoms with Gasteiger partial charge in [0.15, 0.2) is 0 Å². The number of aromatic carboxylic acids is 1. The van der Waals surface area contributed by atoms with Crippen LogP contribution < -0.4 is 0 Å². The largest absolute Gasteiger partial charge is 0.477 e. The number of carbonyl (C=O) groups excluding carboxylic acids is 1. The smallest absolute Gasteiger partial charge is 0.345 e. The van der Waals surface area contributed by atoms with Crippen molar-refractivity contribution < 1.29 is 28.6 Å². The second-order valence-corrected chi connectivity index (χ2v) is 8.27. The Hall–Kier alpha value is -1.80. The Balaban J connectivity index is 1.92. The first-order valence-electron chi connectivity index (χ1n) is 9.62. The second-order valence-electron chi connectivity index (χ2n) is 7.10. The molecule has 1 saturated heterocycles. The average molecular weight is 416 g/mol. The van der Waals surface area contributed by atoms with Gasteiger partial charge in [-0.25, -0.2) is 4.79 Å². The Morgan fingerprint density at radius 1 is 1.39 bits per heavy atom. The summed E-state index contributed by atoms with van der Waals surface area (Å²) in [7, 11) is 0. The van der Waals surface area contributed by atoms with E-state index in [2.05, 4.69) is 6.92 Å². The van der Waals surface area contributed by atoms with Crippen molar-refractivity contribution in [1.29, 1.82) is 0 Å². The third-order valence-corrected chi connectivity index (χ3v) is 5.93. The number of nitrogens with zero attached hydrogens (tertiary/aromatic N) is 1.